The van der Waals surface area contributed by atoms with Gasteiger partial charge >= 0.3 is 0 Å². The van der Waals surface area contributed by atoms with Crippen LogP contribution in [0.3, 0.4) is 0 Å². The van der Waals surface area contributed by atoms with Gasteiger partial charge in [-0.1, -0.05) is 183 Å². The zero-order valence-corrected chi connectivity index (χ0v) is 40.1. The van der Waals surface area contributed by atoms with Crippen LogP contribution in [-0.4, -0.2) is 12.6 Å². The highest BCUT2D eigenvalue weighted by Gasteiger charge is 2.52. The van der Waals surface area contributed by atoms with Gasteiger partial charge in [-0.05, 0) is 121 Å². The number of thiophene rings is 1. The van der Waals surface area contributed by atoms with Crippen LogP contribution in [0.5, 0.6) is 0 Å². The van der Waals surface area contributed by atoms with E-state index in [2.05, 4.69) is 253 Å². The molecule has 1 atom stereocenters. The predicted molar refractivity (Wildman–Crippen MR) is 297 cm³/mol. The first-order valence-corrected chi connectivity index (χ1v) is 27.9. The minimum atomic E-state index is -2.34. The van der Waals surface area contributed by atoms with Gasteiger partial charge in [0.25, 0.3) is 0 Å². The number of aromatic nitrogens is 1. The predicted octanol–water partition coefficient (Wildman–Crippen LogP) is 16.4. The molecule has 324 valence electrons. The van der Waals surface area contributed by atoms with Gasteiger partial charge in [-0.2, -0.15) is 0 Å². The molecular weight excluding hydrogens is 869 g/mol. The van der Waals surface area contributed by atoms with Gasteiger partial charge in [0.15, 0.2) is 0 Å². The first kappa shape index (κ1) is 39.0. The number of para-hydroxylation sites is 1. The summed E-state index contributed by atoms with van der Waals surface area (Å²) in [5.74, 6) is 0. The summed E-state index contributed by atoms with van der Waals surface area (Å²) in [7, 11) is -2.34. The van der Waals surface area contributed by atoms with E-state index < -0.39 is 13.5 Å². The topological polar surface area (TPSA) is 8.17 Å². The summed E-state index contributed by atoms with van der Waals surface area (Å²) in [6.45, 7) is 5.15. The lowest BCUT2D eigenvalue weighted by molar-refractivity contribution is 0.754. The van der Waals surface area contributed by atoms with Crippen LogP contribution in [0.25, 0.3) is 80.3 Å². The standard InChI is InChI=1S/C65H44N2SSi/c1-69(2)62-31-12-9-26-54(62)65(53-25-8-5-21-47(53)51-24-13-18-42-19-14-27-56(65)64(42)51)55-36-33-45(40-63(55)69)66(57-29-15-17-41-16-3-4-20-46(41)57)43-34-37-59-52(38-43)48-22-6-10-28-58(48)67(59)44-32-35-50-49-23-7-11-30-60(49)68-61(50)39-44/h3-40H,1-2H3. The Labute approximate surface area is 405 Å². The SMILES string of the molecule is C[Si]1(C)c2ccccc2C2(c3ccccc3-c3cccc4cccc2c34)c2ccc(N(c3ccc4c(c3)c3ccccc3n4-c3ccc4c(c3)sc3ccccc34)c3cccc4ccccc34)cc21. The Hall–Kier alpha value is -8.02. The fourth-order valence-electron chi connectivity index (χ4n) is 12.9. The molecule has 1 aliphatic carbocycles. The van der Waals surface area contributed by atoms with Gasteiger partial charge < -0.3 is 9.47 Å². The lowest BCUT2D eigenvalue weighted by Gasteiger charge is -2.50. The van der Waals surface area contributed by atoms with E-state index in [4.69, 9.17) is 0 Å². The van der Waals surface area contributed by atoms with E-state index in [1.54, 1.807) is 0 Å². The van der Waals surface area contributed by atoms with Crippen LogP contribution in [0.15, 0.2) is 231 Å². The lowest BCUT2D eigenvalue weighted by Crippen LogP contribution is -2.63. The molecule has 1 unspecified atom stereocenters. The van der Waals surface area contributed by atoms with Crippen molar-refractivity contribution in [1.82, 2.24) is 4.57 Å². The monoisotopic (exact) mass is 912 g/mol. The molecule has 1 spiro atoms. The highest BCUT2D eigenvalue weighted by Crippen LogP contribution is 2.57. The highest BCUT2D eigenvalue weighted by atomic mass is 32.1. The third-order valence-corrected chi connectivity index (χ3v) is 20.5. The Bertz CT molecular complexity index is 4320. The number of hydrogen-bond donors (Lipinski definition) is 0. The second-order valence-electron chi connectivity index (χ2n) is 19.6. The number of rotatable bonds is 4. The molecule has 0 radical (unpaired) electrons. The maximum Gasteiger partial charge on any atom is 0.113 e. The first-order valence-electron chi connectivity index (χ1n) is 24.1. The molecule has 0 bridgehead atoms. The molecule has 0 fully saturated rings. The van der Waals surface area contributed by atoms with Gasteiger partial charge in [0.05, 0.1) is 22.1 Å². The van der Waals surface area contributed by atoms with Gasteiger partial charge in [-0.15, -0.1) is 11.3 Å². The largest absolute Gasteiger partial charge is 0.310 e. The molecular formula is C65H44N2SSi. The Kier molecular flexibility index (Phi) is 8.06. The van der Waals surface area contributed by atoms with Crippen molar-refractivity contribution >= 4 is 110 Å². The average molecular weight is 913 g/mol. The number of fused-ring (bicyclic) bond motifs is 15. The molecule has 2 aliphatic rings. The zero-order valence-electron chi connectivity index (χ0n) is 38.2. The second-order valence-corrected chi connectivity index (χ2v) is 25.0. The van der Waals surface area contributed by atoms with Crippen molar-refractivity contribution in [1.29, 1.82) is 0 Å². The Morgan fingerprint density at radius 2 is 1.03 bits per heavy atom. The highest BCUT2D eigenvalue weighted by molar-refractivity contribution is 7.25. The summed E-state index contributed by atoms with van der Waals surface area (Å²) in [6.07, 6.45) is 0. The molecule has 0 saturated heterocycles. The van der Waals surface area contributed by atoms with Gasteiger partial charge in [0, 0.05) is 53.4 Å². The van der Waals surface area contributed by atoms with Crippen LogP contribution < -0.4 is 15.3 Å². The molecule has 69 heavy (non-hydrogen) atoms. The molecule has 0 N–H and O–H groups in total. The fourth-order valence-corrected chi connectivity index (χ4v) is 17.2. The van der Waals surface area contributed by atoms with Crippen molar-refractivity contribution < 1.29 is 0 Å². The van der Waals surface area contributed by atoms with E-state index in [-0.39, 0.29) is 0 Å². The quantitative estimate of drug-likeness (QED) is 0.160. The molecule has 15 rings (SSSR count). The second kappa shape index (κ2) is 14.3. The van der Waals surface area contributed by atoms with Crippen molar-refractivity contribution in [3.63, 3.8) is 0 Å². The molecule has 2 nitrogen and oxygen atoms in total. The number of nitrogens with zero attached hydrogens (tertiary/aromatic N) is 2. The van der Waals surface area contributed by atoms with Crippen molar-refractivity contribution in [3.8, 4) is 16.8 Å². The van der Waals surface area contributed by atoms with E-state index >= 15 is 0 Å². The normalized spacial score (nSPS) is 15.6. The molecule has 13 aromatic rings. The van der Waals surface area contributed by atoms with Gasteiger partial charge in [-0.3, -0.25) is 0 Å². The van der Waals surface area contributed by atoms with Gasteiger partial charge in [0.2, 0.25) is 0 Å². The van der Waals surface area contributed by atoms with E-state index in [1.807, 2.05) is 11.3 Å². The average Bonchev–Trinajstić information content (AvgIpc) is 3.94. The summed E-state index contributed by atoms with van der Waals surface area (Å²) < 4.78 is 5.09. The van der Waals surface area contributed by atoms with E-state index in [1.165, 1.54) is 124 Å². The molecule has 0 saturated carbocycles. The summed E-state index contributed by atoms with van der Waals surface area (Å²) in [5, 5.41) is 13.2. The van der Waals surface area contributed by atoms with Crippen LogP contribution in [-0.2, 0) is 5.41 Å². The Balaban J connectivity index is 0.992. The van der Waals surface area contributed by atoms with E-state index in [0.29, 0.717) is 0 Å². The summed E-state index contributed by atoms with van der Waals surface area (Å²) in [4.78, 5) is 2.54. The molecule has 11 aromatic carbocycles. The fraction of sp³-hybridized carbons (Fsp3) is 0.0462. The van der Waals surface area contributed by atoms with Crippen LogP contribution in [0, 0.1) is 0 Å². The minimum Gasteiger partial charge on any atom is -0.310 e. The Morgan fingerprint density at radius 3 is 1.94 bits per heavy atom. The van der Waals surface area contributed by atoms with Crippen molar-refractivity contribution in [2.24, 2.45) is 0 Å². The van der Waals surface area contributed by atoms with Crippen molar-refractivity contribution in [3.05, 3.63) is 253 Å². The van der Waals surface area contributed by atoms with E-state index in [9.17, 15) is 0 Å². The number of anilines is 3. The van der Waals surface area contributed by atoms with Crippen molar-refractivity contribution in [2.45, 2.75) is 18.5 Å². The smallest absolute Gasteiger partial charge is 0.113 e. The van der Waals surface area contributed by atoms with Crippen LogP contribution in [0.2, 0.25) is 13.1 Å². The molecule has 3 heterocycles. The van der Waals surface area contributed by atoms with Crippen LogP contribution in [0.1, 0.15) is 22.3 Å². The van der Waals surface area contributed by atoms with Crippen molar-refractivity contribution in [2.75, 3.05) is 4.90 Å². The Morgan fingerprint density at radius 1 is 0.406 bits per heavy atom. The summed E-state index contributed by atoms with van der Waals surface area (Å²) in [5.41, 5.74) is 14.8. The summed E-state index contributed by atoms with van der Waals surface area (Å²) in [6, 6.07) is 87.5. The minimum absolute atomic E-state index is 0.499. The third-order valence-electron chi connectivity index (χ3n) is 15.8. The van der Waals surface area contributed by atoms with E-state index in [0.717, 1.165) is 5.69 Å². The first-order chi connectivity index (χ1) is 34.0. The maximum atomic E-state index is 2.60. The van der Waals surface area contributed by atoms with Gasteiger partial charge in [0.1, 0.15) is 8.07 Å². The van der Waals surface area contributed by atoms with Crippen LogP contribution >= 0.6 is 11.3 Å². The molecule has 2 aromatic heterocycles. The van der Waals surface area contributed by atoms with Gasteiger partial charge in [-0.25, -0.2) is 0 Å². The number of hydrogen-bond acceptors (Lipinski definition) is 2. The lowest BCUT2D eigenvalue weighted by atomic mass is 9.59. The molecule has 0 amide bonds. The molecule has 4 heteroatoms. The summed E-state index contributed by atoms with van der Waals surface area (Å²) >= 11 is 1.87. The molecule has 1 aliphatic heterocycles. The van der Waals surface area contributed by atoms with Crippen LogP contribution in [0.4, 0.5) is 17.1 Å². The third kappa shape index (κ3) is 5.25. The zero-order chi connectivity index (χ0) is 45.6. The number of benzene rings is 11. The maximum absolute atomic E-state index is 2.60.